The number of fused-ring (bicyclic) bond motifs is 1. The highest BCUT2D eigenvalue weighted by Crippen LogP contribution is 2.36. The van der Waals surface area contributed by atoms with Crippen LogP contribution in [0.4, 0.5) is 4.79 Å². The quantitative estimate of drug-likeness (QED) is 0.642. The third-order valence-electron chi connectivity index (χ3n) is 5.04. The van der Waals surface area contributed by atoms with E-state index in [1.807, 2.05) is 6.92 Å². The number of amides is 3. The maximum atomic E-state index is 13.0. The summed E-state index contributed by atoms with van der Waals surface area (Å²) in [6.07, 6.45) is 7.57. The van der Waals surface area contributed by atoms with Crippen molar-refractivity contribution in [2.45, 2.75) is 31.8 Å². The van der Waals surface area contributed by atoms with Crippen molar-refractivity contribution < 1.29 is 22.6 Å². The van der Waals surface area contributed by atoms with Crippen LogP contribution in [0.15, 0.2) is 33.2 Å². The Bertz CT molecular complexity index is 1080. The van der Waals surface area contributed by atoms with Gasteiger partial charge in [-0.25, -0.2) is 22.9 Å². The largest absolute Gasteiger partial charge is 0.501 e. The number of hydrogen-bond acceptors (Lipinski definition) is 6. The predicted molar refractivity (Wildman–Crippen MR) is 107 cm³/mol. The maximum Gasteiger partial charge on any atom is 0.501 e. The van der Waals surface area contributed by atoms with Gasteiger partial charge in [-0.3, -0.25) is 0 Å². The minimum atomic E-state index is -3.73. The highest BCUT2D eigenvalue weighted by atomic mass is 79.9. The van der Waals surface area contributed by atoms with E-state index >= 15 is 0 Å². The topological polar surface area (TPSA) is 99.4 Å². The molecule has 3 aliphatic rings. The highest BCUT2D eigenvalue weighted by molar-refractivity contribution is 9.11. The summed E-state index contributed by atoms with van der Waals surface area (Å²) < 4.78 is 30.1. The van der Waals surface area contributed by atoms with E-state index < -0.39 is 33.4 Å². The van der Waals surface area contributed by atoms with Crippen LogP contribution in [0.1, 0.15) is 24.6 Å². The minimum Gasteiger partial charge on any atom is -0.245 e. The molecular weight excluding hydrogens is 468 g/mol. The Labute approximate surface area is 174 Å². The second kappa shape index (κ2) is 6.68. The minimum absolute atomic E-state index is 0.0472. The van der Waals surface area contributed by atoms with Gasteiger partial charge >= 0.3 is 11.9 Å². The number of sulfonamides is 1. The van der Waals surface area contributed by atoms with E-state index in [1.54, 1.807) is 13.2 Å². The molecule has 148 valence electrons. The second-order valence-corrected chi connectivity index (χ2v) is 11.4. The molecule has 1 N–H and O–H groups in total. The Hall–Kier alpha value is -1.69. The van der Waals surface area contributed by atoms with Crippen LogP contribution in [0.2, 0.25) is 0 Å². The van der Waals surface area contributed by atoms with Gasteiger partial charge < -0.3 is 0 Å². The third kappa shape index (κ3) is 3.51. The number of carbonyl (C=O) groups excluding carboxylic acids is 2. The van der Waals surface area contributed by atoms with E-state index in [-0.39, 0.29) is 11.4 Å². The molecule has 1 unspecified atom stereocenters. The summed E-state index contributed by atoms with van der Waals surface area (Å²) in [6.45, 7) is 1.94. The molecule has 2 aliphatic carbocycles. The van der Waals surface area contributed by atoms with Crippen molar-refractivity contribution >= 4 is 54.9 Å². The van der Waals surface area contributed by atoms with Gasteiger partial charge in [0.1, 0.15) is 18.2 Å². The van der Waals surface area contributed by atoms with Crippen LogP contribution in [0.5, 0.6) is 0 Å². The second-order valence-electron chi connectivity index (χ2n) is 7.32. The van der Waals surface area contributed by atoms with Crippen molar-refractivity contribution in [3.05, 3.63) is 38.1 Å². The molecule has 11 heteroatoms. The Morgan fingerprint density at radius 1 is 1.39 bits per heavy atom. The fraction of sp³-hybridized carbons (Fsp3) is 0.412. The van der Waals surface area contributed by atoms with Gasteiger partial charge in [-0.2, -0.15) is 14.3 Å². The Balaban J connectivity index is 1.66. The molecule has 1 atom stereocenters. The zero-order chi connectivity index (χ0) is 20.3. The Morgan fingerprint density at radius 3 is 2.71 bits per heavy atom. The molecule has 1 saturated carbocycles. The molecule has 28 heavy (non-hydrogen) atoms. The number of nitrogens with zero attached hydrogens (tertiary/aromatic N) is 3. The van der Waals surface area contributed by atoms with E-state index in [9.17, 15) is 18.0 Å². The first-order valence-corrected chi connectivity index (χ1v) is 11.7. The Morgan fingerprint density at radius 2 is 2.11 bits per heavy atom. The summed E-state index contributed by atoms with van der Waals surface area (Å²) in [5.74, 6) is -1.28. The van der Waals surface area contributed by atoms with Gasteiger partial charge in [0.15, 0.2) is 3.92 Å². The summed E-state index contributed by atoms with van der Waals surface area (Å²) in [6, 6.07) is -0.450. The first-order valence-electron chi connectivity index (χ1n) is 8.60. The molecule has 0 radical (unpaired) electrons. The van der Waals surface area contributed by atoms with Crippen molar-refractivity contribution in [2.24, 2.45) is 5.92 Å². The van der Waals surface area contributed by atoms with Crippen LogP contribution in [0, 0.1) is 5.92 Å². The maximum absolute atomic E-state index is 13.0. The molecule has 1 aliphatic heterocycles. The van der Waals surface area contributed by atoms with Gasteiger partial charge in [0.05, 0.1) is 16.8 Å². The number of carbonyl (C=O) groups is 2. The number of imide groups is 1. The average molecular weight is 486 g/mol. The molecule has 1 aromatic rings. The summed E-state index contributed by atoms with van der Waals surface area (Å²) in [5.41, 5.74) is 0.0557. The third-order valence-corrected chi connectivity index (χ3v) is 8.15. The first-order chi connectivity index (χ1) is 13.1. The summed E-state index contributed by atoms with van der Waals surface area (Å²) in [7, 11) is -2.16. The van der Waals surface area contributed by atoms with Crippen LogP contribution in [-0.4, -0.2) is 53.1 Å². The van der Waals surface area contributed by atoms with Gasteiger partial charge in [-0.1, -0.05) is 0 Å². The molecule has 0 bridgehead atoms. The van der Waals surface area contributed by atoms with Crippen molar-refractivity contribution in [1.82, 2.24) is 14.6 Å². The molecule has 0 spiro atoms. The van der Waals surface area contributed by atoms with Crippen LogP contribution in [-0.2, 0) is 21.4 Å². The Kier molecular flexibility index (Phi) is 4.68. The zero-order valence-electron chi connectivity index (χ0n) is 15.2. The molecule has 0 saturated heterocycles. The number of nitrogens with one attached hydrogen (secondary N) is 1. The van der Waals surface area contributed by atoms with Gasteiger partial charge in [-0.05, 0) is 53.9 Å². The van der Waals surface area contributed by atoms with E-state index in [2.05, 4.69) is 25.6 Å². The lowest BCUT2D eigenvalue weighted by molar-refractivity contribution is -0.406. The number of aromatic nitrogens is 1. The smallest absolute Gasteiger partial charge is 0.245 e. The molecule has 1 fully saturated rings. The van der Waals surface area contributed by atoms with E-state index in [0.29, 0.717) is 9.63 Å². The SMILES string of the molecule is C[N+]1=C2C=CC(S(=O)(=O)NC3(C)CC3)=CC2C(=O)N(Cc2cnc(Br)s2)C1=O. The fourth-order valence-corrected chi connectivity index (χ4v) is 6.04. The number of hydrogen-bond donors (Lipinski definition) is 1. The van der Waals surface area contributed by atoms with Crippen molar-refractivity contribution in [3.8, 4) is 0 Å². The molecule has 3 amide bonds. The first kappa shape index (κ1) is 19.6. The number of halogens is 1. The van der Waals surface area contributed by atoms with Crippen molar-refractivity contribution in [3.63, 3.8) is 0 Å². The van der Waals surface area contributed by atoms with E-state index in [1.165, 1.54) is 34.1 Å². The molecule has 0 aromatic carbocycles. The van der Waals surface area contributed by atoms with Crippen LogP contribution in [0.3, 0.4) is 0 Å². The van der Waals surface area contributed by atoms with Crippen LogP contribution < -0.4 is 4.72 Å². The lowest BCUT2D eigenvalue weighted by Crippen LogP contribution is -2.53. The van der Waals surface area contributed by atoms with Crippen LogP contribution in [0.25, 0.3) is 0 Å². The number of urea groups is 1. The van der Waals surface area contributed by atoms with Crippen molar-refractivity contribution in [1.29, 1.82) is 0 Å². The van der Waals surface area contributed by atoms with Gasteiger partial charge in [0.2, 0.25) is 10.0 Å². The van der Waals surface area contributed by atoms with Gasteiger partial charge in [0.25, 0.3) is 0 Å². The summed E-state index contributed by atoms with van der Waals surface area (Å²) in [5, 5.41) is 0. The predicted octanol–water partition coefficient (Wildman–Crippen LogP) is 1.99. The normalized spacial score (nSPS) is 23.8. The van der Waals surface area contributed by atoms with Gasteiger partial charge in [-0.15, -0.1) is 11.3 Å². The molecular formula is C17H18BrN4O4S2+. The number of allylic oxidation sites excluding steroid dienone is 2. The fourth-order valence-electron chi connectivity index (χ4n) is 3.16. The lowest BCUT2D eigenvalue weighted by atomic mass is 9.94. The lowest BCUT2D eigenvalue weighted by Gasteiger charge is -2.26. The van der Waals surface area contributed by atoms with E-state index in [4.69, 9.17) is 0 Å². The van der Waals surface area contributed by atoms with Crippen LogP contribution >= 0.6 is 27.3 Å². The zero-order valence-corrected chi connectivity index (χ0v) is 18.4. The molecule has 1 aromatic heterocycles. The van der Waals surface area contributed by atoms with Crippen molar-refractivity contribution in [2.75, 3.05) is 7.05 Å². The summed E-state index contributed by atoms with van der Waals surface area (Å²) in [4.78, 5) is 31.7. The monoisotopic (exact) mass is 485 g/mol. The molecule has 2 heterocycles. The van der Waals surface area contributed by atoms with Gasteiger partial charge in [0, 0.05) is 11.7 Å². The number of thiazole rings is 1. The standard InChI is InChI=1S/C17H18BrN4O4S2/c1-17(5-6-17)20-28(25,26)11-3-4-13-12(7-11)14(23)22(16(24)21(13)2)9-10-8-19-15(18)27-10/h3-4,7-8,12,20H,5-6,9H2,1-2H3/q+1. The number of rotatable bonds is 5. The highest BCUT2D eigenvalue weighted by Gasteiger charge is 2.48. The summed E-state index contributed by atoms with van der Waals surface area (Å²) >= 11 is 4.60. The van der Waals surface area contributed by atoms with E-state index in [0.717, 1.165) is 22.6 Å². The molecule has 4 rings (SSSR count). The molecule has 8 nitrogen and oxygen atoms in total. The average Bonchev–Trinajstić information content (AvgIpc) is 3.20.